The van der Waals surface area contributed by atoms with E-state index in [1.54, 1.807) is 13.3 Å². The summed E-state index contributed by atoms with van der Waals surface area (Å²) in [5.41, 5.74) is 8.59. The normalized spacial score (nSPS) is 10.3. The molecule has 0 saturated carbocycles. The third kappa shape index (κ3) is 3.85. The van der Waals surface area contributed by atoms with Crippen LogP contribution >= 0.6 is 28.1 Å². The fourth-order valence-electron chi connectivity index (χ4n) is 0.905. The average molecular weight is 288 g/mol. The minimum atomic E-state index is 0.135. The predicted molar refractivity (Wildman–Crippen MR) is 68.2 cm³/mol. The van der Waals surface area contributed by atoms with Gasteiger partial charge in [0.25, 0.3) is 0 Å². The molecule has 0 spiro atoms. The first-order chi connectivity index (χ1) is 7.13. The first-order valence-electron chi connectivity index (χ1n) is 4.05. The highest BCUT2D eigenvalue weighted by Crippen LogP contribution is 2.21. The van der Waals surface area contributed by atoms with Crippen LogP contribution in [0.15, 0.2) is 27.8 Å². The molecule has 0 atom stereocenters. The summed E-state index contributed by atoms with van der Waals surface area (Å²) in [6.07, 6.45) is 1.61. The van der Waals surface area contributed by atoms with Crippen molar-refractivity contribution in [1.29, 1.82) is 0 Å². The third-order valence-electron chi connectivity index (χ3n) is 1.59. The molecule has 0 unspecified atom stereocenters. The number of hydrogen-bond acceptors (Lipinski definition) is 3. The molecule has 3 N–H and O–H groups in total. The maximum Gasteiger partial charge on any atom is 0.184 e. The summed E-state index contributed by atoms with van der Waals surface area (Å²) in [5, 5.41) is 3.98. The summed E-state index contributed by atoms with van der Waals surface area (Å²) in [4.78, 5) is 0. The Labute approximate surface area is 102 Å². The van der Waals surface area contributed by atoms with Crippen LogP contribution in [0.25, 0.3) is 0 Å². The highest BCUT2D eigenvalue weighted by Gasteiger charge is 1.98. The lowest BCUT2D eigenvalue weighted by molar-refractivity contribution is 0.414. The summed E-state index contributed by atoms with van der Waals surface area (Å²) in [7, 11) is 1.62. The average Bonchev–Trinajstić information content (AvgIpc) is 2.20. The van der Waals surface area contributed by atoms with E-state index < -0.39 is 0 Å². The Morgan fingerprint density at radius 1 is 1.67 bits per heavy atom. The van der Waals surface area contributed by atoms with Crippen LogP contribution in [0.3, 0.4) is 0 Å². The molecule has 0 saturated heterocycles. The van der Waals surface area contributed by atoms with Gasteiger partial charge in [0.15, 0.2) is 5.11 Å². The van der Waals surface area contributed by atoms with Crippen LogP contribution in [0.1, 0.15) is 5.56 Å². The van der Waals surface area contributed by atoms with Gasteiger partial charge in [-0.05, 0) is 46.3 Å². The Morgan fingerprint density at radius 2 is 2.40 bits per heavy atom. The maximum absolute atomic E-state index is 5.22. The van der Waals surface area contributed by atoms with E-state index in [1.165, 1.54) is 0 Å². The minimum absolute atomic E-state index is 0.135. The van der Waals surface area contributed by atoms with Crippen LogP contribution in [0, 0.1) is 0 Å². The van der Waals surface area contributed by atoms with Crippen LogP contribution in [0.2, 0.25) is 0 Å². The van der Waals surface area contributed by atoms with E-state index in [1.807, 2.05) is 18.2 Å². The van der Waals surface area contributed by atoms with Gasteiger partial charge in [0.05, 0.1) is 13.3 Å². The Balaban J connectivity index is 2.78. The van der Waals surface area contributed by atoms with E-state index in [9.17, 15) is 0 Å². The molecule has 1 aromatic rings. The standard InChI is InChI=1S/C9H10BrN3OS/c1-14-7-3-2-6(8(10)4-7)5-12-13-9(11)15/h2-5H,1H3,(H3,11,13,15). The quantitative estimate of drug-likeness (QED) is 0.504. The molecule has 0 bridgehead atoms. The number of hydrogen-bond donors (Lipinski definition) is 2. The van der Waals surface area contributed by atoms with Gasteiger partial charge < -0.3 is 10.5 Å². The first-order valence-corrected chi connectivity index (χ1v) is 5.25. The van der Waals surface area contributed by atoms with Crippen molar-refractivity contribution in [2.75, 3.05) is 7.11 Å². The molecule has 0 radical (unpaired) electrons. The van der Waals surface area contributed by atoms with E-state index in [2.05, 4.69) is 38.7 Å². The molecule has 6 heteroatoms. The van der Waals surface area contributed by atoms with Crippen LogP contribution < -0.4 is 15.9 Å². The highest BCUT2D eigenvalue weighted by atomic mass is 79.9. The van der Waals surface area contributed by atoms with Gasteiger partial charge in [-0.3, -0.25) is 5.43 Å². The van der Waals surface area contributed by atoms with E-state index in [0.29, 0.717) is 0 Å². The third-order valence-corrected chi connectivity index (χ3v) is 2.36. The van der Waals surface area contributed by atoms with Gasteiger partial charge in [0.2, 0.25) is 0 Å². The molecule has 0 aliphatic heterocycles. The largest absolute Gasteiger partial charge is 0.497 e. The molecular weight excluding hydrogens is 278 g/mol. The van der Waals surface area contributed by atoms with Gasteiger partial charge >= 0.3 is 0 Å². The van der Waals surface area contributed by atoms with E-state index in [-0.39, 0.29) is 5.11 Å². The summed E-state index contributed by atoms with van der Waals surface area (Å²) >= 11 is 8.00. The van der Waals surface area contributed by atoms with Gasteiger partial charge in [-0.2, -0.15) is 5.10 Å². The van der Waals surface area contributed by atoms with Gasteiger partial charge in [-0.1, -0.05) is 0 Å². The van der Waals surface area contributed by atoms with Gasteiger partial charge in [0, 0.05) is 10.0 Å². The van der Waals surface area contributed by atoms with Crippen LogP contribution in [0.5, 0.6) is 5.75 Å². The number of hydrazone groups is 1. The van der Waals surface area contributed by atoms with Gasteiger partial charge in [-0.25, -0.2) is 0 Å². The number of thiocarbonyl (C=S) groups is 1. The van der Waals surface area contributed by atoms with Crippen molar-refractivity contribution in [3.05, 3.63) is 28.2 Å². The molecule has 80 valence electrons. The van der Waals surface area contributed by atoms with Gasteiger partial charge in [-0.15, -0.1) is 0 Å². The van der Waals surface area contributed by atoms with Crippen molar-refractivity contribution < 1.29 is 4.74 Å². The molecule has 15 heavy (non-hydrogen) atoms. The van der Waals surface area contributed by atoms with Crippen molar-refractivity contribution in [1.82, 2.24) is 5.43 Å². The number of nitrogens with two attached hydrogens (primary N) is 1. The molecule has 0 fully saturated rings. The molecule has 1 aromatic carbocycles. The number of nitrogens with zero attached hydrogens (tertiary/aromatic N) is 1. The Kier molecular flexibility index (Phi) is 4.51. The number of halogens is 1. The summed E-state index contributed by atoms with van der Waals surface area (Å²) in [6, 6.07) is 5.56. The zero-order chi connectivity index (χ0) is 11.3. The Morgan fingerprint density at radius 3 is 2.93 bits per heavy atom. The van der Waals surface area contributed by atoms with E-state index in [4.69, 9.17) is 10.5 Å². The second-order valence-corrected chi connectivity index (χ2v) is 3.92. The van der Waals surface area contributed by atoms with Crippen LogP contribution in [-0.2, 0) is 0 Å². The molecule has 1 rings (SSSR count). The number of benzene rings is 1. The predicted octanol–water partition coefficient (Wildman–Crippen LogP) is 1.62. The molecule has 0 heterocycles. The number of methoxy groups -OCH3 is 1. The topological polar surface area (TPSA) is 59.6 Å². The monoisotopic (exact) mass is 287 g/mol. The van der Waals surface area contributed by atoms with Crippen molar-refractivity contribution in [3.63, 3.8) is 0 Å². The maximum atomic E-state index is 5.22. The highest BCUT2D eigenvalue weighted by molar-refractivity contribution is 9.10. The van der Waals surface area contributed by atoms with Crippen molar-refractivity contribution in [2.45, 2.75) is 0 Å². The Bertz CT molecular complexity index is 395. The fraction of sp³-hybridized carbons (Fsp3) is 0.111. The fourth-order valence-corrected chi connectivity index (χ4v) is 1.42. The number of rotatable bonds is 3. The lowest BCUT2D eigenvalue weighted by Gasteiger charge is -2.02. The van der Waals surface area contributed by atoms with E-state index in [0.717, 1.165) is 15.8 Å². The second kappa shape index (κ2) is 5.67. The molecular formula is C9H10BrN3OS. The van der Waals surface area contributed by atoms with Gasteiger partial charge in [0.1, 0.15) is 5.75 Å². The molecule has 0 aliphatic rings. The van der Waals surface area contributed by atoms with Crippen molar-refractivity contribution >= 4 is 39.5 Å². The second-order valence-electron chi connectivity index (χ2n) is 2.62. The van der Waals surface area contributed by atoms with Crippen LogP contribution in [-0.4, -0.2) is 18.4 Å². The molecule has 4 nitrogen and oxygen atoms in total. The first kappa shape index (κ1) is 11.9. The molecule has 0 amide bonds. The zero-order valence-electron chi connectivity index (χ0n) is 8.03. The lowest BCUT2D eigenvalue weighted by Crippen LogP contribution is -2.24. The smallest absolute Gasteiger partial charge is 0.184 e. The summed E-state index contributed by atoms with van der Waals surface area (Å²) in [6.45, 7) is 0. The van der Waals surface area contributed by atoms with Crippen molar-refractivity contribution in [2.24, 2.45) is 10.8 Å². The lowest BCUT2D eigenvalue weighted by atomic mass is 10.2. The SMILES string of the molecule is COc1ccc(C=NNC(N)=S)c(Br)c1. The number of nitrogens with one attached hydrogen (secondary N) is 1. The Hall–Kier alpha value is -1.14. The molecule has 0 aliphatic carbocycles. The van der Waals surface area contributed by atoms with E-state index >= 15 is 0 Å². The summed E-state index contributed by atoms with van der Waals surface area (Å²) < 4.78 is 5.95. The minimum Gasteiger partial charge on any atom is -0.497 e. The molecule has 0 aromatic heterocycles. The number of ether oxygens (including phenoxy) is 1. The van der Waals surface area contributed by atoms with Crippen molar-refractivity contribution in [3.8, 4) is 5.75 Å². The van der Waals surface area contributed by atoms with Crippen LogP contribution in [0.4, 0.5) is 0 Å². The summed E-state index contributed by atoms with van der Waals surface area (Å²) in [5.74, 6) is 0.779. The zero-order valence-corrected chi connectivity index (χ0v) is 10.4.